The summed E-state index contributed by atoms with van der Waals surface area (Å²) in [6.45, 7) is 1.56. The van der Waals surface area contributed by atoms with Crippen LogP contribution in [0.3, 0.4) is 0 Å². The van der Waals surface area contributed by atoms with Crippen molar-refractivity contribution in [3.05, 3.63) is 78.6 Å². The Kier molecular flexibility index (Phi) is 7.19. The molecule has 0 fully saturated rings. The van der Waals surface area contributed by atoms with Crippen LogP contribution in [0, 0.1) is 0 Å². The fourth-order valence-electron chi connectivity index (χ4n) is 2.72. The molecule has 150 valence electrons. The minimum absolute atomic E-state index is 0.164. The number of pyridine rings is 1. The Bertz CT molecular complexity index is 912. The van der Waals surface area contributed by atoms with Crippen molar-refractivity contribution < 1.29 is 9.53 Å². The molecule has 6 heteroatoms. The molecule has 0 aliphatic rings. The van der Waals surface area contributed by atoms with E-state index in [9.17, 15) is 4.79 Å². The van der Waals surface area contributed by atoms with E-state index in [1.54, 1.807) is 12.3 Å². The molecule has 1 heterocycles. The van der Waals surface area contributed by atoms with Crippen LogP contribution in [-0.2, 0) is 0 Å². The SMILES string of the molecule is CN(C)CCCNC(=O)c1ccc(Nc2ccccc2Oc2ccccc2)cn1. The summed E-state index contributed by atoms with van der Waals surface area (Å²) in [5.74, 6) is 1.31. The Labute approximate surface area is 171 Å². The summed E-state index contributed by atoms with van der Waals surface area (Å²) in [4.78, 5) is 18.6. The third-order valence-electron chi connectivity index (χ3n) is 4.20. The minimum Gasteiger partial charge on any atom is -0.455 e. The summed E-state index contributed by atoms with van der Waals surface area (Å²) in [6, 6.07) is 20.9. The number of carbonyl (C=O) groups excluding carboxylic acids is 1. The number of carbonyl (C=O) groups is 1. The average molecular weight is 390 g/mol. The molecule has 2 aromatic carbocycles. The summed E-state index contributed by atoms with van der Waals surface area (Å²) in [5, 5.41) is 6.19. The molecule has 2 N–H and O–H groups in total. The molecule has 1 amide bonds. The predicted octanol–water partition coefficient (Wildman–Crippen LogP) is 4.30. The highest BCUT2D eigenvalue weighted by Crippen LogP contribution is 2.31. The molecular weight excluding hydrogens is 364 g/mol. The van der Waals surface area contributed by atoms with Crippen LogP contribution in [0.15, 0.2) is 72.9 Å². The van der Waals surface area contributed by atoms with E-state index in [1.165, 1.54) is 0 Å². The van der Waals surface area contributed by atoms with Crippen LogP contribution < -0.4 is 15.4 Å². The van der Waals surface area contributed by atoms with E-state index in [0.717, 1.165) is 30.1 Å². The Morgan fingerprint density at radius 1 is 1.00 bits per heavy atom. The van der Waals surface area contributed by atoms with Gasteiger partial charge in [0.05, 0.1) is 17.6 Å². The first-order chi connectivity index (χ1) is 14.1. The second-order valence-corrected chi connectivity index (χ2v) is 6.88. The van der Waals surface area contributed by atoms with E-state index in [-0.39, 0.29) is 5.91 Å². The Morgan fingerprint density at radius 2 is 1.76 bits per heavy atom. The maximum atomic E-state index is 12.2. The maximum Gasteiger partial charge on any atom is 0.269 e. The van der Waals surface area contributed by atoms with Gasteiger partial charge in [-0.15, -0.1) is 0 Å². The number of nitrogens with one attached hydrogen (secondary N) is 2. The van der Waals surface area contributed by atoms with Gasteiger partial charge in [-0.2, -0.15) is 0 Å². The van der Waals surface area contributed by atoms with E-state index >= 15 is 0 Å². The predicted molar refractivity (Wildman–Crippen MR) is 116 cm³/mol. The molecule has 0 saturated heterocycles. The molecule has 0 spiro atoms. The van der Waals surface area contributed by atoms with Crippen LogP contribution in [0.5, 0.6) is 11.5 Å². The molecular formula is C23H26N4O2. The van der Waals surface area contributed by atoms with Gasteiger partial charge >= 0.3 is 0 Å². The monoisotopic (exact) mass is 390 g/mol. The van der Waals surface area contributed by atoms with Crippen LogP contribution >= 0.6 is 0 Å². The number of hydrogen-bond acceptors (Lipinski definition) is 5. The lowest BCUT2D eigenvalue weighted by Crippen LogP contribution is -2.27. The molecule has 0 saturated carbocycles. The number of amides is 1. The van der Waals surface area contributed by atoms with Crippen molar-refractivity contribution in [2.45, 2.75) is 6.42 Å². The number of rotatable bonds is 9. The van der Waals surface area contributed by atoms with E-state index in [0.29, 0.717) is 18.0 Å². The van der Waals surface area contributed by atoms with Gasteiger partial charge in [-0.1, -0.05) is 30.3 Å². The van der Waals surface area contributed by atoms with Crippen molar-refractivity contribution in [3.63, 3.8) is 0 Å². The maximum absolute atomic E-state index is 12.2. The zero-order valence-corrected chi connectivity index (χ0v) is 16.8. The number of hydrogen-bond donors (Lipinski definition) is 2. The molecule has 3 rings (SSSR count). The van der Waals surface area contributed by atoms with Crippen LogP contribution in [0.25, 0.3) is 0 Å². The molecule has 0 atom stereocenters. The molecule has 0 bridgehead atoms. The van der Waals surface area contributed by atoms with Gasteiger partial charge in [-0.25, -0.2) is 4.98 Å². The van der Waals surface area contributed by atoms with Crippen LogP contribution in [-0.4, -0.2) is 43.0 Å². The van der Waals surface area contributed by atoms with Gasteiger partial charge < -0.3 is 20.3 Å². The summed E-state index contributed by atoms with van der Waals surface area (Å²) in [6.07, 6.45) is 2.55. The molecule has 3 aromatic rings. The zero-order chi connectivity index (χ0) is 20.5. The van der Waals surface area contributed by atoms with Crippen molar-refractivity contribution in [1.29, 1.82) is 0 Å². The number of ether oxygens (including phenoxy) is 1. The fraction of sp³-hybridized carbons (Fsp3) is 0.217. The number of nitrogens with zero attached hydrogens (tertiary/aromatic N) is 2. The lowest BCUT2D eigenvalue weighted by Gasteiger charge is -2.13. The van der Waals surface area contributed by atoms with Crippen LogP contribution in [0.2, 0.25) is 0 Å². The first-order valence-corrected chi connectivity index (χ1v) is 9.60. The molecule has 0 unspecified atom stereocenters. The second-order valence-electron chi connectivity index (χ2n) is 6.88. The molecule has 0 aliphatic carbocycles. The normalized spacial score (nSPS) is 10.6. The van der Waals surface area contributed by atoms with Crippen molar-refractivity contribution in [1.82, 2.24) is 15.2 Å². The fourth-order valence-corrected chi connectivity index (χ4v) is 2.72. The molecule has 1 aromatic heterocycles. The quantitative estimate of drug-likeness (QED) is 0.533. The van der Waals surface area contributed by atoms with Crippen LogP contribution in [0.4, 0.5) is 11.4 Å². The smallest absolute Gasteiger partial charge is 0.269 e. The van der Waals surface area contributed by atoms with Gasteiger partial charge in [-0.05, 0) is 63.5 Å². The van der Waals surface area contributed by atoms with E-state index in [4.69, 9.17) is 4.74 Å². The third kappa shape index (κ3) is 6.33. The average Bonchev–Trinajstić information content (AvgIpc) is 2.74. The highest BCUT2D eigenvalue weighted by molar-refractivity contribution is 5.92. The highest BCUT2D eigenvalue weighted by Gasteiger charge is 2.08. The standard InChI is InChI=1S/C23H26N4O2/c1-27(2)16-8-15-24-23(28)21-14-13-18(17-25-21)26-20-11-6-7-12-22(20)29-19-9-4-3-5-10-19/h3-7,9-14,17,26H,8,15-16H2,1-2H3,(H,24,28). The topological polar surface area (TPSA) is 66.5 Å². The summed E-state index contributed by atoms with van der Waals surface area (Å²) < 4.78 is 5.96. The lowest BCUT2D eigenvalue weighted by molar-refractivity contribution is 0.0947. The third-order valence-corrected chi connectivity index (χ3v) is 4.20. The number of para-hydroxylation sites is 3. The summed E-state index contributed by atoms with van der Waals surface area (Å²) in [5.41, 5.74) is 1.99. The Morgan fingerprint density at radius 3 is 2.48 bits per heavy atom. The minimum atomic E-state index is -0.164. The molecule has 29 heavy (non-hydrogen) atoms. The number of anilines is 2. The van der Waals surface area contributed by atoms with Gasteiger partial charge in [0.1, 0.15) is 11.4 Å². The van der Waals surface area contributed by atoms with Crippen molar-refractivity contribution in [2.24, 2.45) is 0 Å². The molecule has 0 radical (unpaired) electrons. The van der Waals surface area contributed by atoms with Gasteiger partial charge in [0.15, 0.2) is 5.75 Å². The zero-order valence-electron chi connectivity index (χ0n) is 16.8. The largest absolute Gasteiger partial charge is 0.455 e. The van der Waals surface area contributed by atoms with Gasteiger partial charge in [-0.3, -0.25) is 4.79 Å². The van der Waals surface area contributed by atoms with Crippen molar-refractivity contribution in [2.75, 3.05) is 32.5 Å². The van der Waals surface area contributed by atoms with Gasteiger partial charge in [0, 0.05) is 6.54 Å². The van der Waals surface area contributed by atoms with Crippen LogP contribution in [0.1, 0.15) is 16.9 Å². The summed E-state index contributed by atoms with van der Waals surface area (Å²) >= 11 is 0. The van der Waals surface area contributed by atoms with Gasteiger partial charge in [0.25, 0.3) is 5.91 Å². The first kappa shape index (κ1) is 20.4. The number of benzene rings is 2. The molecule has 6 nitrogen and oxygen atoms in total. The van der Waals surface area contributed by atoms with E-state index in [1.807, 2.05) is 74.8 Å². The number of aromatic nitrogens is 1. The first-order valence-electron chi connectivity index (χ1n) is 9.60. The molecule has 0 aliphatic heterocycles. The van der Waals surface area contributed by atoms with E-state index < -0.39 is 0 Å². The Balaban J connectivity index is 1.61. The highest BCUT2D eigenvalue weighted by atomic mass is 16.5. The second kappa shape index (κ2) is 10.2. The van der Waals surface area contributed by atoms with Crippen molar-refractivity contribution in [3.8, 4) is 11.5 Å². The lowest BCUT2D eigenvalue weighted by atomic mass is 10.2. The Hall–Kier alpha value is -3.38. The summed E-state index contributed by atoms with van der Waals surface area (Å²) in [7, 11) is 4.02. The van der Waals surface area contributed by atoms with Gasteiger partial charge in [0.2, 0.25) is 0 Å². The van der Waals surface area contributed by atoms with Crippen molar-refractivity contribution >= 4 is 17.3 Å². The van der Waals surface area contributed by atoms with E-state index in [2.05, 4.69) is 20.5 Å².